The van der Waals surface area contributed by atoms with Gasteiger partial charge in [0.2, 0.25) is 11.8 Å². The summed E-state index contributed by atoms with van der Waals surface area (Å²) < 4.78 is 10.5. The van der Waals surface area contributed by atoms with Gasteiger partial charge in [-0.25, -0.2) is 0 Å². The minimum Gasteiger partial charge on any atom is -0.493 e. The van der Waals surface area contributed by atoms with Gasteiger partial charge in [-0.1, -0.05) is 6.07 Å². The molecule has 0 saturated carbocycles. The van der Waals surface area contributed by atoms with Crippen LogP contribution < -0.4 is 19.7 Å². The maximum atomic E-state index is 12.3. The van der Waals surface area contributed by atoms with Gasteiger partial charge in [0.25, 0.3) is 0 Å². The molecule has 2 aromatic rings. The number of ether oxygens (including phenoxy) is 2. The predicted octanol–water partition coefficient (Wildman–Crippen LogP) is 3.79. The van der Waals surface area contributed by atoms with Crippen molar-refractivity contribution in [2.75, 3.05) is 24.4 Å². The molecule has 1 atom stereocenters. The summed E-state index contributed by atoms with van der Waals surface area (Å²) in [6.07, 6.45) is 2.44. The van der Waals surface area contributed by atoms with Crippen LogP contribution in [0, 0.1) is 0 Å². The molecule has 6 nitrogen and oxygen atoms in total. The predicted molar refractivity (Wildman–Crippen MR) is 109 cm³/mol. The summed E-state index contributed by atoms with van der Waals surface area (Å²) >= 11 is 0. The molecule has 1 heterocycles. The summed E-state index contributed by atoms with van der Waals surface area (Å²) in [5.41, 5.74) is 2.60. The number of amides is 2. The Bertz CT molecular complexity index is 848. The Morgan fingerprint density at radius 2 is 1.82 bits per heavy atom. The van der Waals surface area contributed by atoms with Crippen LogP contribution in [0.1, 0.15) is 31.7 Å². The van der Waals surface area contributed by atoms with Crippen LogP contribution in [0.15, 0.2) is 42.5 Å². The van der Waals surface area contributed by atoms with Crippen LogP contribution >= 0.6 is 0 Å². The summed E-state index contributed by atoms with van der Waals surface area (Å²) in [6, 6.07) is 13.3. The molecule has 2 amide bonds. The SMILES string of the molecule is COc1ccc(CCC(=O)Nc2ccc(N3C(=O)CCC3C)cc2)cc1OC. The molecule has 0 bridgehead atoms. The van der Waals surface area contributed by atoms with Crippen molar-refractivity contribution in [3.05, 3.63) is 48.0 Å². The van der Waals surface area contributed by atoms with Crippen LogP contribution in [0.5, 0.6) is 11.5 Å². The molecule has 148 valence electrons. The number of hydrogen-bond donors (Lipinski definition) is 1. The van der Waals surface area contributed by atoms with Crippen LogP contribution in [0.4, 0.5) is 11.4 Å². The highest BCUT2D eigenvalue weighted by atomic mass is 16.5. The number of carbonyl (C=O) groups is 2. The van der Waals surface area contributed by atoms with E-state index < -0.39 is 0 Å². The molecule has 0 radical (unpaired) electrons. The molecule has 1 aliphatic rings. The number of nitrogens with one attached hydrogen (secondary N) is 1. The van der Waals surface area contributed by atoms with Crippen LogP contribution in [0.3, 0.4) is 0 Å². The quantitative estimate of drug-likeness (QED) is 0.791. The fourth-order valence-electron chi connectivity index (χ4n) is 3.45. The van der Waals surface area contributed by atoms with Gasteiger partial charge in [0.05, 0.1) is 14.2 Å². The van der Waals surface area contributed by atoms with E-state index in [1.165, 1.54) is 0 Å². The van der Waals surface area contributed by atoms with E-state index in [4.69, 9.17) is 9.47 Å². The minimum absolute atomic E-state index is 0.0619. The molecule has 1 fully saturated rings. The highest BCUT2D eigenvalue weighted by Gasteiger charge is 2.28. The summed E-state index contributed by atoms with van der Waals surface area (Å²) in [4.78, 5) is 26.1. The van der Waals surface area contributed by atoms with E-state index in [1.807, 2.05) is 47.4 Å². The number of nitrogens with zero attached hydrogens (tertiary/aromatic N) is 1. The molecule has 1 aliphatic heterocycles. The van der Waals surface area contributed by atoms with Crippen LogP contribution in [-0.2, 0) is 16.0 Å². The van der Waals surface area contributed by atoms with Crippen molar-refractivity contribution in [1.82, 2.24) is 0 Å². The minimum atomic E-state index is -0.0619. The molecule has 6 heteroatoms. The molecule has 3 rings (SSSR count). The summed E-state index contributed by atoms with van der Waals surface area (Å²) in [5, 5.41) is 2.91. The summed E-state index contributed by atoms with van der Waals surface area (Å²) in [7, 11) is 3.19. The molecule has 0 spiro atoms. The Hall–Kier alpha value is -3.02. The average Bonchev–Trinajstić information content (AvgIpc) is 3.05. The first-order valence-corrected chi connectivity index (χ1v) is 9.44. The second-order valence-corrected chi connectivity index (χ2v) is 6.94. The van der Waals surface area contributed by atoms with Gasteiger partial charge in [-0.15, -0.1) is 0 Å². The van der Waals surface area contributed by atoms with Gasteiger partial charge in [0.1, 0.15) is 0 Å². The average molecular weight is 382 g/mol. The van der Waals surface area contributed by atoms with Crippen LogP contribution in [0.25, 0.3) is 0 Å². The molecule has 0 aliphatic carbocycles. The Kier molecular flexibility index (Phi) is 6.19. The topological polar surface area (TPSA) is 67.9 Å². The number of aryl methyl sites for hydroxylation is 1. The van der Waals surface area contributed by atoms with E-state index >= 15 is 0 Å². The monoisotopic (exact) mass is 382 g/mol. The Labute approximate surface area is 165 Å². The van der Waals surface area contributed by atoms with Gasteiger partial charge in [-0.2, -0.15) is 0 Å². The number of benzene rings is 2. The third-order valence-electron chi connectivity index (χ3n) is 5.00. The van der Waals surface area contributed by atoms with Crippen molar-refractivity contribution in [3.63, 3.8) is 0 Å². The van der Waals surface area contributed by atoms with Gasteiger partial charge >= 0.3 is 0 Å². The van der Waals surface area contributed by atoms with E-state index in [9.17, 15) is 9.59 Å². The third-order valence-corrected chi connectivity index (χ3v) is 5.00. The van der Waals surface area contributed by atoms with Gasteiger partial charge in [-0.05, 0) is 61.7 Å². The maximum Gasteiger partial charge on any atom is 0.227 e. The number of methoxy groups -OCH3 is 2. The first-order chi connectivity index (χ1) is 13.5. The standard InChI is InChI=1S/C22H26N2O4/c1-15-4-13-22(26)24(15)18-9-7-17(8-10-18)23-21(25)12-6-16-5-11-19(27-2)20(14-16)28-3/h5,7-11,14-15H,4,6,12-13H2,1-3H3,(H,23,25). The first-order valence-electron chi connectivity index (χ1n) is 9.44. The molecule has 1 saturated heterocycles. The Morgan fingerprint density at radius 3 is 2.43 bits per heavy atom. The third kappa shape index (κ3) is 4.44. The van der Waals surface area contributed by atoms with Crippen LogP contribution in [0.2, 0.25) is 0 Å². The van der Waals surface area contributed by atoms with Crippen molar-refractivity contribution in [2.45, 2.75) is 38.6 Å². The van der Waals surface area contributed by atoms with Crippen molar-refractivity contribution in [1.29, 1.82) is 0 Å². The lowest BCUT2D eigenvalue weighted by Gasteiger charge is -2.22. The molecule has 1 N–H and O–H groups in total. The number of anilines is 2. The molecule has 0 aromatic heterocycles. The lowest BCUT2D eigenvalue weighted by molar-refractivity contribution is -0.117. The maximum absolute atomic E-state index is 12.3. The van der Waals surface area contributed by atoms with E-state index in [1.54, 1.807) is 14.2 Å². The smallest absolute Gasteiger partial charge is 0.227 e. The van der Waals surface area contributed by atoms with Gasteiger partial charge in [0, 0.05) is 30.3 Å². The fraction of sp³-hybridized carbons (Fsp3) is 0.364. The van der Waals surface area contributed by atoms with Crippen molar-refractivity contribution in [2.24, 2.45) is 0 Å². The normalized spacial score (nSPS) is 16.2. The van der Waals surface area contributed by atoms with E-state index in [0.29, 0.717) is 30.8 Å². The summed E-state index contributed by atoms with van der Waals surface area (Å²) in [6.45, 7) is 2.05. The van der Waals surface area contributed by atoms with Crippen LogP contribution in [-0.4, -0.2) is 32.1 Å². The van der Waals surface area contributed by atoms with Gasteiger partial charge in [-0.3, -0.25) is 9.59 Å². The second-order valence-electron chi connectivity index (χ2n) is 6.94. The first kappa shape index (κ1) is 19.7. The lowest BCUT2D eigenvalue weighted by atomic mass is 10.1. The zero-order valence-electron chi connectivity index (χ0n) is 16.5. The van der Waals surface area contributed by atoms with Crippen molar-refractivity contribution >= 4 is 23.2 Å². The van der Waals surface area contributed by atoms with E-state index in [-0.39, 0.29) is 17.9 Å². The Balaban J connectivity index is 1.56. The number of rotatable bonds is 7. The van der Waals surface area contributed by atoms with Crippen molar-refractivity contribution < 1.29 is 19.1 Å². The van der Waals surface area contributed by atoms with Crippen molar-refractivity contribution in [3.8, 4) is 11.5 Å². The lowest BCUT2D eigenvalue weighted by Crippen LogP contribution is -2.30. The largest absolute Gasteiger partial charge is 0.493 e. The molecule has 2 aromatic carbocycles. The number of carbonyl (C=O) groups excluding carboxylic acids is 2. The molecular weight excluding hydrogens is 356 g/mol. The van der Waals surface area contributed by atoms with Gasteiger partial charge < -0.3 is 19.7 Å². The summed E-state index contributed by atoms with van der Waals surface area (Å²) in [5.74, 6) is 1.41. The Morgan fingerprint density at radius 1 is 1.11 bits per heavy atom. The highest BCUT2D eigenvalue weighted by molar-refractivity contribution is 5.96. The zero-order valence-corrected chi connectivity index (χ0v) is 16.5. The highest BCUT2D eigenvalue weighted by Crippen LogP contribution is 2.29. The van der Waals surface area contributed by atoms with E-state index in [2.05, 4.69) is 12.2 Å². The molecular formula is C22H26N2O4. The molecule has 1 unspecified atom stereocenters. The number of hydrogen-bond acceptors (Lipinski definition) is 4. The zero-order chi connectivity index (χ0) is 20.1. The molecule has 28 heavy (non-hydrogen) atoms. The second kappa shape index (κ2) is 8.78. The fourth-order valence-corrected chi connectivity index (χ4v) is 3.45. The van der Waals surface area contributed by atoms with Gasteiger partial charge in [0.15, 0.2) is 11.5 Å². The van der Waals surface area contributed by atoms with E-state index in [0.717, 1.165) is 23.4 Å².